The zero-order valence-corrected chi connectivity index (χ0v) is 11.9. The molecule has 2 rings (SSSR count). The highest BCUT2D eigenvalue weighted by Crippen LogP contribution is 2.43. The number of hydrogen-bond donors (Lipinski definition) is 3. The number of nitrogens with one attached hydrogen (secondary N) is 1. The molecule has 0 saturated carbocycles. The first kappa shape index (κ1) is 13.5. The van der Waals surface area contributed by atoms with Crippen LogP contribution in [0.4, 0.5) is 0 Å². The summed E-state index contributed by atoms with van der Waals surface area (Å²) in [5.41, 5.74) is 0.620. The summed E-state index contributed by atoms with van der Waals surface area (Å²) in [5.74, 6) is -0.0161. The van der Waals surface area contributed by atoms with Crippen molar-refractivity contribution in [3.63, 3.8) is 0 Å². The number of hydrogen-bond acceptors (Lipinski definition) is 5. The maximum absolute atomic E-state index is 10.9. The van der Waals surface area contributed by atoms with E-state index in [1.54, 1.807) is 12.1 Å². The van der Waals surface area contributed by atoms with Crippen LogP contribution in [0.15, 0.2) is 16.6 Å². The summed E-state index contributed by atoms with van der Waals surface area (Å²) in [6, 6.07) is 2.82. The Morgan fingerprint density at radius 2 is 2.33 bits per heavy atom. The third kappa shape index (κ3) is 2.57. The predicted octanol–water partition coefficient (Wildman–Crippen LogP) is 1.95. The monoisotopic (exact) mass is 333 g/mol. The first-order chi connectivity index (χ1) is 8.52. The normalized spacial score (nSPS) is 23.0. The number of rotatable bonds is 3. The molecule has 98 valence electrons. The third-order valence-electron chi connectivity index (χ3n) is 2.65. The van der Waals surface area contributed by atoms with E-state index < -0.39 is 12.0 Å². The van der Waals surface area contributed by atoms with Gasteiger partial charge in [0, 0.05) is 15.8 Å². The van der Waals surface area contributed by atoms with Gasteiger partial charge in [-0.2, -0.15) is 0 Å². The van der Waals surface area contributed by atoms with Gasteiger partial charge in [-0.15, -0.1) is 11.8 Å². The van der Waals surface area contributed by atoms with Crippen LogP contribution in [0.3, 0.4) is 0 Å². The van der Waals surface area contributed by atoms with E-state index in [0.717, 1.165) is 4.47 Å². The molecule has 0 bridgehead atoms. The highest BCUT2D eigenvalue weighted by atomic mass is 79.9. The molecular weight excluding hydrogens is 322 g/mol. The number of carbonyl (C=O) groups is 1. The van der Waals surface area contributed by atoms with Gasteiger partial charge in [0.25, 0.3) is 0 Å². The van der Waals surface area contributed by atoms with Crippen LogP contribution in [-0.4, -0.2) is 35.1 Å². The summed E-state index contributed by atoms with van der Waals surface area (Å²) in [7, 11) is 1.47. The van der Waals surface area contributed by atoms with E-state index >= 15 is 0 Å². The highest BCUT2D eigenvalue weighted by molar-refractivity contribution is 9.10. The summed E-state index contributed by atoms with van der Waals surface area (Å²) in [6.07, 6.45) is 0. The van der Waals surface area contributed by atoms with Crippen LogP contribution in [0.25, 0.3) is 0 Å². The van der Waals surface area contributed by atoms with Crippen LogP contribution in [0.2, 0.25) is 0 Å². The smallest absolute Gasteiger partial charge is 0.321 e. The fourth-order valence-corrected chi connectivity index (χ4v) is 3.44. The molecule has 0 unspecified atom stereocenters. The van der Waals surface area contributed by atoms with Gasteiger partial charge in [0.1, 0.15) is 6.04 Å². The number of aromatic hydroxyl groups is 1. The molecule has 1 fully saturated rings. The maximum atomic E-state index is 10.9. The molecule has 0 aliphatic carbocycles. The molecule has 18 heavy (non-hydrogen) atoms. The van der Waals surface area contributed by atoms with Gasteiger partial charge in [0.15, 0.2) is 11.5 Å². The second-order valence-electron chi connectivity index (χ2n) is 3.82. The van der Waals surface area contributed by atoms with Gasteiger partial charge in [-0.3, -0.25) is 10.1 Å². The van der Waals surface area contributed by atoms with E-state index in [-0.39, 0.29) is 11.1 Å². The van der Waals surface area contributed by atoms with E-state index in [2.05, 4.69) is 21.2 Å². The zero-order valence-electron chi connectivity index (χ0n) is 9.51. The molecule has 0 amide bonds. The topological polar surface area (TPSA) is 78.8 Å². The number of halogens is 1. The number of phenolic OH excluding ortho intramolecular Hbond substituents is 1. The van der Waals surface area contributed by atoms with Crippen molar-refractivity contribution in [2.24, 2.45) is 0 Å². The standard InChI is InChI=1S/C11H12BrNO4S/c1-17-8-3-5(12)2-6(9(8)14)10-13-7(4-18-10)11(15)16/h2-3,7,10,13-14H,4H2,1H3,(H,15,16)/t7-,10+/m1/s1. The average molecular weight is 334 g/mol. The van der Waals surface area contributed by atoms with Crippen LogP contribution in [0.5, 0.6) is 11.5 Å². The minimum atomic E-state index is -0.883. The van der Waals surface area contributed by atoms with Gasteiger partial charge < -0.3 is 14.9 Å². The number of benzene rings is 1. The highest BCUT2D eigenvalue weighted by Gasteiger charge is 2.32. The summed E-state index contributed by atoms with van der Waals surface area (Å²) < 4.78 is 5.84. The van der Waals surface area contributed by atoms with Crippen LogP contribution < -0.4 is 10.1 Å². The Morgan fingerprint density at radius 1 is 1.61 bits per heavy atom. The zero-order chi connectivity index (χ0) is 13.3. The van der Waals surface area contributed by atoms with Crippen molar-refractivity contribution in [3.05, 3.63) is 22.2 Å². The van der Waals surface area contributed by atoms with Crippen molar-refractivity contribution in [1.29, 1.82) is 0 Å². The Kier molecular flexibility index (Phi) is 4.04. The number of ether oxygens (including phenoxy) is 1. The molecule has 5 nitrogen and oxygen atoms in total. The minimum absolute atomic E-state index is 0.0386. The molecular formula is C11H12BrNO4S. The van der Waals surface area contributed by atoms with Crippen molar-refractivity contribution in [3.8, 4) is 11.5 Å². The van der Waals surface area contributed by atoms with Crippen molar-refractivity contribution < 1.29 is 19.7 Å². The van der Waals surface area contributed by atoms with Gasteiger partial charge in [-0.05, 0) is 12.1 Å². The Labute approximate surface area is 117 Å². The summed E-state index contributed by atoms with van der Waals surface area (Å²) >= 11 is 4.78. The lowest BCUT2D eigenvalue weighted by Crippen LogP contribution is -2.33. The second-order valence-corrected chi connectivity index (χ2v) is 5.87. The van der Waals surface area contributed by atoms with E-state index in [0.29, 0.717) is 17.1 Å². The number of phenols is 1. The molecule has 1 aliphatic rings. The van der Waals surface area contributed by atoms with Gasteiger partial charge in [-0.25, -0.2) is 0 Å². The number of thioether (sulfide) groups is 1. The fourth-order valence-electron chi connectivity index (χ4n) is 1.74. The molecule has 2 atom stereocenters. The third-order valence-corrected chi connectivity index (χ3v) is 4.36. The molecule has 1 heterocycles. The largest absolute Gasteiger partial charge is 0.504 e. The van der Waals surface area contributed by atoms with E-state index in [4.69, 9.17) is 9.84 Å². The van der Waals surface area contributed by atoms with E-state index in [1.165, 1.54) is 18.9 Å². The number of carboxylic acid groups (broad SMARTS) is 1. The van der Waals surface area contributed by atoms with Crippen molar-refractivity contribution >= 4 is 33.7 Å². The molecule has 7 heteroatoms. The maximum Gasteiger partial charge on any atom is 0.321 e. The Morgan fingerprint density at radius 3 is 2.89 bits per heavy atom. The lowest BCUT2D eigenvalue weighted by Gasteiger charge is -2.15. The SMILES string of the molecule is COc1cc(Br)cc([C@H]2N[C@@H](C(=O)O)CS2)c1O. The van der Waals surface area contributed by atoms with Gasteiger partial charge in [0.05, 0.1) is 12.5 Å². The average Bonchev–Trinajstić information content (AvgIpc) is 2.81. The number of carboxylic acids is 1. The molecule has 0 radical (unpaired) electrons. The lowest BCUT2D eigenvalue weighted by molar-refractivity contribution is -0.138. The summed E-state index contributed by atoms with van der Waals surface area (Å²) in [6.45, 7) is 0. The Hall–Kier alpha value is -0.920. The molecule has 0 spiro atoms. The van der Waals surface area contributed by atoms with Crippen molar-refractivity contribution in [2.45, 2.75) is 11.4 Å². The molecule has 1 aliphatic heterocycles. The summed E-state index contributed by atoms with van der Waals surface area (Å²) in [4.78, 5) is 10.9. The van der Waals surface area contributed by atoms with E-state index in [9.17, 15) is 9.90 Å². The second kappa shape index (κ2) is 5.38. The fraction of sp³-hybridized carbons (Fsp3) is 0.364. The van der Waals surface area contributed by atoms with Crippen molar-refractivity contribution in [2.75, 3.05) is 12.9 Å². The van der Waals surface area contributed by atoms with E-state index in [1.807, 2.05) is 0 Å². The quantitative estimate of drug-likeness (QED) is 0.784. The van der Waals surface area contributed by atoms with Crippen LogP contribution >= 0.6 is 27.7 Å². The predicted molar refractivity (Wildman–Crippen MR) is 72.1 cm³/mol. The van der Waals surface area contributed by atoms with Gasteiger partial charge in [-0.1, -0.05) is 15.9 Å². The summed E-state index contributed by atoms with van der Waals surface area (Å²) in [5, 5.41) is 21.7. The van der Waals surface area contributed by atoms with Crippen LogP contribution in [-0.2, 0) is 4.79 Å². The van der Waals surface area contributed by atoms with Crippen molar-refractivity contribution in [1.82, 2.24) is 5.32 Å². The van der Waals surface area contributed by atoms with Gasteiger partial charge >= 0.3 is 5.97 Å². The first-order valence-corrected chi connectivity index (χ1v) is 7.04. The Bertz CT molecular complexity index is 482. The number of aliphatic carboxylic acids is 1. The van der Waals surface area contributed by atoms with Crippen LogP contribution in [0, 0.1) is 0 Å². The molecule has 0 aromatic heterocycles. The minimum Gasteiger partial charge on any atom is -0.504 e. The molecule has 1 saturated heterocycles. The molecule has 1 aromatic rings. The molecule has 3 N–H and O–H groups in total. The first-order valence-electron chi connectivity index (χ1n) is 5.19. The lowest BCUT2D eigenvalue weighted by atomic mass is 10.1. The van der Waals surface area contributed by atoms with Crippen LogP contribution in [0.1, 0.15) is 10.9 Å². The number of methoxy groups -OCH3 is 1. The van der Waals surface area contributed by atoms with Gasteiger partial charge in [0.2, 0.25) is 0 Å². The molecule has 1 aromatic carbocycles. The Balaban J connectivity index is 2.29.